The molecule has 1 fully saturated rings. The van der Waals surface area contributed by atoms with Crippen LogP contribution < -0.4 is 5.32 Å². The monoisotopic (exact) mass is 184 g/mol. The van der Waals surface area contributed by atoms with Gasteiger partial charge in [-0.2, -0.15) is 0 Å². The third kappa shape index (κ3) is 2.61. The summed E-state index contributed by atoms with van der Waals surface area (Å²) in [4.78, 5) is 13.4. The molecule has 1 N–H and O–H groups in total. The summed E-state index contributed by atoms with van der Waals surface area (Å²) in [6.07, 6.45) is 2.29. The topological polar surface area (TPSA) is 32.3 Å². The zero-order valence-electron chi connectivity index (χ0n) is 8.84. The Balaban J connectivity index is 2.24. The van der Waals surface area contributed by atoms with Gasteiger partial charge in [-0.05, 0) is 32.6 Å². The van der Waals surface area contributed by atoms with Gasteiger partial charge in [-0.3, -0.25) is 0 Å². The van der Waals surface area contributed by atoms with Crippen LogP contribution in [0.5, 0.6) is 0 Å². The Labute approximate surface area is 80.5 Å². The fourth-order valence-corrected chi connectivity index (χ4v) is 1.80. The normalized spacial score (nSPS) is 26.4. The Morgan fingerprint density at radius 3 is 2.31 bits per heavy atom. The summed E-state index contributed by atoms with van der Waals surface area (Å²) in [5, 5.41) is 3.04. The number of hydrogen-bond acceptors (Lipinski definition) is 1. The van der Waals surface area contributed by atoms with Crippen molar-refractivity contribution in [3.05, 3.63) is 0 Å². The molecule has 0 heterocycles. The lowest BCUT2D eigenvalue weighted by Gasteiger charge is -2.34. The van der Waals surface area contributed by atoms with Gasteiger partial charge >= 0.3 is 6.03 Å². The maximum atomic E-state index is 11.5. The van der Waals surface area contributed by atoms with Crippen LogP contribution in [0, 0.1) is 5.92 Å². The second-order valence-electron chi connectivity index (χ2n) is 3.90. The van der Waals surface area contributed by atoms with Crippen LogP contribution in [0.2, 0.25) is 0 Å². The number of carbonyl (C=O) groups is 1. The lowest BCUT2D eigenvalue weighted by Crippen LogP contribution is -2.49. The molecule has 3 heteroatoms. The van der Waals surface area contributed by atoms with Gasteiger partial charge in [0.1, 0.15) is 0 Å². The molecular weight excluding hydrogens is 164 g/mol. The van der Waals surface area contributed by atoms with E-state index in [-0.39, 0.29) is 6.03 Å². The molecule has 0 aromatic carbocycles. The van der Waals surface area contributed by atoms with E-state index in [0.717, 1.165) is 31.8 Å². The Hall–Kier alpha value is -0.730. The molecule has 1 aliphatic rings. The molecular formula is C10H20N2O. The zero-order valence-corrected chi connectivity index (χ0v) is 8.84. The maximum Gasteiger partial charge on any atom is 0.317 e. The average molecular weight is 184 g/mol. The third-order valence-electron chi connectivity index (χ3n) is 2.75. The van der Waals surface area contributed by atoms with Gasteiger partial charge in [0, 0.05) is 19.1 Å². The summed E-state index contributed by atoms with van der Waals surface area (Å²) in [7, 11) is 0. The van der Waals surface area contributed by atoms with Gasteiger partial charge in [0.2, 0.25) is 0 Å². The molecule has 76 valence electrons. The standard InChI is InChI=1S/C10H20N2O/c1-4-12(5-2)10(13)11-9-6-8(3)7-9/h8-9H,4-7H2,1-3H3,(H,11,13). The lowest BCUT2D eigenvalue weighted by molar-refractivity contribution is 0.179. The zero-order chi connectivity index (χ0) is 9.84. The van der Waals surface area contributed by atoms with Gasteiger partial charge in [-0.15, -0.1) is 0 Å². The smallest absolute Gasteiger partial charge is 0.317 e. The van der Waals surface area contributed by atoms with Crippen LogP contribution in [0.15, 0.2) is 0 Å². The number of urea groups is 1. The van der Waals surface area contributed by atoms with Crippen molar-refractivity contribution in [2.24, 2.45) is 5.92 Å². The van der Waals surface area contributed by atoms with E-state index in [1.54, 1.807) is 0 Å². The average Bonchev–Trinajstić information content (AvgIpc) is 2.04. The van der Waals surface area contributed by atoms with Crippen LogP contribution >= 0.6 is 0 Å². The van der Waals surface area contributed by atoms with Crippen LogP contribution in [0.25, 0.3) is 0 Å². The Bertz CT molecular complexity index is 172. The van der Waals surface area contributed by atoms with E-state index in [2.05, 4.69) is 12.2 Å². The highest BCUT2D eigenvalue weighted by atomic mass is 16.2. The molecule has 13 heavy (non-hydrogen) atoms. The lowest BCUT2D eigenvalue weighted by atomic mass is 9.82. The van der Waals surface area contributed by atoms with Gasteiger partial charge in [0.05, 0.1) is 0 Å². The molecule has 0 radical (unpaired) electrons. The molecule has 1 saturated carbocycles. The Kier molecular flexibility index (Phi) is 3.58. The van der Waals surface area contributed by atoms with E-state index in [1.165, 1.54) is 0 Å². The highest BCUT2D eigenvalue weighted by molar-refractivity contribution is 5.74. The second-order valence-corrected chi connectivity index (χ2v) is 3.90. The largest absolute Gasteiger partial charge is 0.335 e. The molecule has 0 saturated heterocycles. The predicted octanol–water partition coefficient (Wildman–Crippen LogP) is 1.84. The van der Waals surface area contributed by atoms with Crippen LogP contribution in [0.3, 0.4) is 0 Å². The van der Waals surface area contributed by atoms with Crippen molar-refractivity contribution < 1.29 is 4.79 Å². The first-order chi connectivity index (χ1) is 6.17. The van der Waals surface area contributed by atoms with Crippen molar-refractivity contribution in [3.63, 3.8) is 0 Å². The van der Waals surface area contributed by atoms with E-state index >= 15 is 0 Å². The van der Waals surface area contributed by atoms with E-state index in [9.17, 15) is 4.79 Å². The van der Waals surface area contributed by atoms with E-state index in [0.29, 0.717) is 6.04 Å². The number of hydrogen-bond donors (Lipinski definition) is 1. The van der Waals surface area contributed by atoms with Gasteiger partial charge < -0.3 is 10.2 Å². The minimum Gasteiger partial charge on any atom is -0.335 e. The number of amides is 2. The van der Waals surface area contributed by atoms with Gasteiger partial charge in [-0.1, -0.05) is 6.92 Å². The highest BCUT2D eigenvalue weighted by Crippen LogP contribution is 2.26. The highest BCUT2D eigenvalue weighted by Gasteiger charge is 2.27. The summed E-state index contributed by atoms with van der Waals surface area (Å²) in [6, 6.07) is 0.532. The quantitative estimate of drug-likeness (QED) is 0.713. The first kappa shape index (κ1) is 10.4. The minimum absolute atomic E-state index is 0.0990. The summed E-state index contributed by atoms with van der Waals surface area (Å²) in [6.45, 7) is 7.83. The molecule has 3 nitrogen and oxygen atoms in total. The molecule has 0 unspecified atom stereocenters. The Morgan fingerprint density at radius 1 is 1.38 bits per heavy atom. The van der Waals surface area contributed by atoms with Crippen LogP contribution in [-0.4, -0.2) is 30.1 Å². The fourth-order valence-electron chi connectivity index (χ4n) is 1.80. The first-order valence-corrected chi connectivity index (χ1v) is 5.22. The first-order valence-electron chi connectivity index (χ1n) is 5.22. The van der Waals surface area contributed by atoms with Crippen LogP contribution in [0.1, 0.15) is 33.6 Å². The molecule has 0 atom stereocenters. The van der Waals surface area contributed by atoms with E-state index in [4.69, 9.17) is 0 Å². The van der Waals surface area contributed by atoms with E-state index in [1.807, 2.05) is 18.7 Å². The van der Waals surface area contributed by atoms with Gasteiger partial charge in [0.25, 0.3) is 0 Å². The van der Waals surface area contributed by atoms with E-state index < -0.39 is 0 Å². The van der Waals surface area contributed by atoms with Crippen molar-refractivity contribution in [1.29, 1.82) is 0 Å². The molecule has 2 amide bonds. The molecule has 0 spiro atoms. The fraction of sp³-hybridized carbons (Fsp3) is 0.900. The summed E-state index contributed by atoms with van der Waals surface area (Å²) < 4.78 is 0. The van der Waals surface area contributed by atoms with Crippen molar-refractivity contribution in [2.45, 2.75) is 39.7 Å². The van der Waals surface area contributed by atoms with Crippen molar-refractivity contribution >= 4 is 6.03 Å². The van der Waals surface area contributed by atoms with Crippen LogP contribution in [0.4, 0.5) is 4.79 Å². The predicted molar refractivity (Wildman–Crippen MR) is 53.6 cm³/mol. The maximum absolute atomic E-state index is 11.5. The molecule has 1 rings (SSSR count). The van der Waals surface area contributed by atoms with Gasteiger partial charge in [-0.25, -0.2) is 4.79 Å². The second kappa shape index (κ2) is 4.49. The third-order valence-corrected chi connectivity index (χ3v) is 2.75. The number of nitrogens with zero attached hydrogens (tertiary/aromatic N) is 1. The van der Waals surface area contributed by atoms with Crippen molar-refractivity contribution in [3.8, 4) is 0 Å². The molecule has 0 aromatic heterocycles. The SMILES string of the molecule is CCN(CC)C(=O)NC1CC(C)C1. The number of rotatable bonds is 3. The van der Waals surface area contributed by atoms with Crippen molar-refractivity contribution in [1.82, 2.24) is 10.2 Å². The van der Waals surface area contributed by atoms with Crippen molar-refractivity contribution in [2.75, 3.05) is 13.1 Å². The summed E-state index contributed by atoms with van der Waals surface area (Å²) in [5.74, 6) is 0.794. The number of carbonyl (C=O) groups excluding carboxylic acids is 1. The molecule has 0 aliphatic heterocycles. The molecule has 1 aliphatic carbocycles. The number of nitrogens with one attached hydrogen (secondary N) is 1. The minimum atomic E-state index is 0.0990. The summed E-state index contributed by atoms with van der Waals surface area (Å²) in [5.41, 5.74) is 0. The Morgan fingerprint density at radius 2 is 1.92 bits per heavy atom. The van der Waals surface area contributed by atoms with Crippen LogP contribution in [-0.2, 0) is 0 Å². The summed E-state index contributed by atoms with van der Waals surface area (Å²) >= 11 is 0. The van der Waals surface area contributed by atoms with Gasteiger partial charge in [0.15, 0.2) is 0 Å². The molecule has 0 bridgehead atoms. The molecule has 0 aromatic rings.